The number of para-hydroxylation sites is 1. The molecular weight excluding hydrogens is 581 g/mol. The number of benzene rings is 3. The number of rotatable bonds is 13. The highest BCUT2D eigenvalue weighted by Crippen LogP contribution is 2.28. The van der Waals surface area contributed by atoms with Crippen LogP contribution in [0.3, 0.4) is 0 Å². The zero-order chi connectivity index (χ0) is 30.2. The zero-order valence-corrected chi connectivity index (χ0v) is 26.1. The van der Waals surface area contributed by atoms with Crippen molar-refractivity contribution in [1.82, 2.24) is 10.2 Å². The van der Waals surface area contributed by atoms with Gasteiger partial charge in [-0.1, -0.05) is 77.8 Å². The Morgan fingerprint density at radius 1 is 0.902 bits per heavy atom. The number of amides is 2. The summed E-state index contributed by atoms with van der Waals surface area (Å²) in [5.41, 5.74) is 2.81. The van der Waals surface area contributed by atoms with E-state index in [0.717, 1.165) is 17.4 Å². The Bertz CT molecular complexity index is 1430. The van der Waals surface area contributed by atoms with E-state index in [1.165, 1.54) is 9.21 Å². The van der Waals surface area contributed by atoms with Crippen LogP contribution < -0.4 is 9.62 Å². The minimum atomic E-state index is -3.59. The fraction of sp³-hybridized carbons (Fsp3) is 0.355. The van der Waals surface area contributed by atoms with Gasteiger partial charge in [-0.3, -0.25) is 13.9 Å². The van der Waals surface area contributed by atoms with Crippen molar-refractivity contribution >= 4 is 50.7 Å². The van der Waals surface area contributed by atoms with E-state index in [2.05, 4.69) is 5.32 Å². The molecule has 1 unspecified atom stereocenters. The minimum absolute atomic E-state index is 0.0141. The van der Waals surface area contributed by atoms with Crippen LogP contribution in [0.4, 0.5) is 5.69 Å². The number of aryl methyl sites for hydroxylation is 1. The molecule has 0 heterocycles. The molecule has 1 N–H and O–H groups in total. The van der Waals surface area contributed by atoms with Crippen molar-refractivity contribution in [2.45, 2.75) is 58.7 Å². The third-order valence-corrected chi connectivity index (χ3v) is 8.52. The summed E-state index contributed by atoms with van der Waals surface area (Å²) in [6, 6.07) is 20.8. The van der Waals surface area contributed by atoms with E-state index in [1.54, 1.807) is 30.3 Å². The molecule has 3 aromatic rings. The van der Waals surface area contributed by atoms with E-state index >= 15 is 0 Å². The molecule has 0 radical (unpaired) electrons. The molecule has 0 aliphatic carbocycles. The minimum Gasteiger partial charge on any atom is -0.352 e. The third-order valence-electron chi connectivity index (χ3n) is 6.63. The Morgan fingerprint density at radius 2 is 1.51 bits per heavy atom. The zero-order valence-electron chi connectivity index (χ0n) is 23.8. The van der Waals surface area contributed by atoms with Crippen LogP contribution in [0.2, 0.25) is 10.0 Å². The molecule has 41 heavy (non-hydrogen) atoms. The number of nitrogens with zero attached hydrogens (tertiary/aromatic N) is 2. The molecule has 0 aliphatic rings. The molecule has 10 heteroatoms. The highest BCUT2D eigenvalue weighted by atomic mass is 35.5. The number of carbonyl (C=O) groups is 2. The Kier molecular flexibility index (Phi) is 11.6. The lowest BCUT2D eigenvalue weighted by Gasteiger charge is -2.33. The molecule has 0 aromatic heterocycles. The monoisotopic (exact) mass is 617 g/mol. The average molecular weight is 619 g/mol. The lowest BCUT2D eigenvalue weighted by atomic mass is 10.0. The van der Waals surface area contributed by atoms with Crippen LogP contribution in [0.1, 0.15) is 43.4 Å². The Morgan fingerprint density at radius 3 is 2.10 bits per heavy atom. The number of anilines is 1. The average Bonchev–Trinajstić information content (AvgIpc) is 2.90. The third kappa shape index (κ3) is 9.21. The first kappa shape index (κ1) is 32.4. The van der Waals surface area contributed by atoms with Gasteiger partial charge in [0.25, 0.3) is 0 Å². The summed E-state index contributed by atoms with van der Waals surface area (Å²) in [5, 5.41) is 3.73. The van der Waals surface area contributed by atoms with Crippen molar-refractivity contribution in [3.63, 3.8) is 0 Å². The summed E-state index contributed by atoms with van der Waals surface area (Å²) in [5.74, 6) is -0.600. The van der Waals surface area contributed by atoms with Crippen molar-refractivity contribution in [2.24, 2.45) is 0 Å². The van der Waals surface area contributed by atoms with Gasteiger partial charge in [-0.25, -0.2) is 8.42 Å². The fourth-order valence-corrected chi connectivity index (χ4v) is 6.15. The SMILES string of the molecule is Cc1ccccc1N(CCCC(=O)N(Cc1c(Cl)cccc1Cl)C(Cc1ccccc1)C(=O)NC(C)C)S(C)(=O)=O. The van der Waals surface area contributed by atoms with Crippen LogP contribution in [0.25, 0.3) is 0 Å². The highest BCUT2D eigenvalue weighted by Gasteiger charge is 2.32. The molecule has 0 saturated carbocycles. The summed E-state index contributed by atoms with van der Waals surface area (Å²) in [6.45, 7) is 5.70. The first-order chi connectivity index (χ1) is 19.4. The lowest BCUT2D eigenvalue weighted by molar-refractivity contribution is -0.141. The van der Waals surface area contributed by atoms with Crippen molar-refractivity contribution in [3.8, 4) is 0 Å². The topological polar surface area (TPSA) is 86.8 Å². The lowest BCUT2D eigenvalue weighted by Crippen LogP contribution is -2.52. The molecule has 0 spiro atoms. The van der Waals surface area contributed by atoms with E-state index in [4.69, 9.17) is 23.2 Å². The quantitative estimate of drug-likeness (QED) is 0.254. The van der Waals surface area contributed by atoms with Gasteiger partial charge in [-0.2, -0.15) is 0 Å². The summed E-state index contributed by atoms with van der Waals surface area (Å²) >= 11 is 13.0. The summed E-state index contributed by atoms with van der Waals surface area (Å²) in [7, 11) is -3.59. The van der Waals surface area contributed by atoms with E-state index in [1.807, 2.05) is 63.2 Å². The maximum absolute atomic E-state index is 13.9. The number of hydrogen-bond donors (Lipinski definition) is 1. The standard InChI is InChI=1S/C31H37Cl2N3O4S/c1-22(2)34-31(38)29(20-24-13-6-5-7-14-24)35(21-25-26(32)15-10-16-27(25)33)30(37)18-11-19-36(41(4,39)40)28-17-9-8-12-23(28)3/h5-10,12-17,22,29H,11,18-21H2,1-4H3,(H,34,38). The van der Waals surface area contributed by atoms with Crippen molar-refractivity contribution < 1.29 is 18.0 Å². The smallest absolute Gasteiger partial charge is 0.243 e. The normalized spacial score (nSPS) is 12.2. The summed E-state index contributed by atoms with van der Waals surface area (Å²) in [6.07, 6.45) is 1.70. The van der Waals surface area contributed by atoms with Gasteiger partial charge in [0.1, 0.15) is 6.04 Å². The molecule has 220 valence electrons. The Hall–Kier alpha value is -3.07. The number of hydrogen-bond acceptors (Lipinski definition) is 4. The molecule has 3 rings (SSSR count). The van der Waals surface area contributed by atoms with Crippen LogP contribution >= 0.6 is 23.2 Å². The molecule has 0 aliphatic heterocycles. The first-order valence-electron chi connectivity index (χ1n) is 13.5. The van der Waals surface area contributed by atoms with Crippen molar-refractivity contribution in [3.05, 3.63) is 99.5 Å². The van der Waals surface area contributed by atoms with Gasteiger partial charge in [-0.15, -0.1) is 0 Å². The predicted molar refractivity (Wildman–Crippen MR) is 167 cm³/mol. The molecule has 3 aromatic carbocycles. The van der Waals surface area contributed by atoms with Gasteiger partial charge in [-0.05, 0) is 56.5 Å². The molecule has 0 saturated heterocycles. The van der Waals surface area contributed by atoms with Gasteiger partial charge in [0.15, 0.2) is 0 Å². The Balaban J connectivity index is 1.93. The maximum atomic E-state index is 13.9. The van der Waals surface area contributed by atoms with Crippen molar-refractivity contribution in [1.29, 1.82) is 0 Å². The number of sulfonamides is 1. The van der Waals surface area contributed by atoms with Crippen LogP contribution in [-0.4, -0.2) is 50.0 Å². The molecule has 0 fully saturated rings. The van der Waals surface area contributed by atoms with Crippen molar-refractivity contribution in [2.75, 3.05) is 17.1 Å². The highest BCUT2D eigenvalue weighted by molar-refractivity contribution is 7.92. The van der Waals surface area contributed by atoms with Gasteiger partial charge in [0.05, 0.1) is 11.9 Å². The molecule has 0 bridgehead atoms. The van der Waals surface area contributed by atoms with Gasteiger partial charge < -0.3 is 10.2 Å². The van der Waals surface area contributed by atoms with Crippen LogP contribution in [-0.2, 0) is 32.6 Å². The number of halogens is 2. The Labute approximate surface area is 253 Å². The van der Waals surface area contributed by atoms with E-state index < -0.39 is 16.1 Å². The number of nitrogens with one attached hydrogen (secondary N) is 1. The van der Waals surface area contributed by atoms with Gasteiger partial charge in [0.2, 0.25) is 21.8 Å². The number of carbonyl (C=O) groups excluding carboxylic acids is 2. The van der Waals surface area contributed by atoms with Crippen LogP contribution in [0.15, 0.2) is 72.8 Å². The predicted octanol–water partition coefficient (Wildman–Crippen LogP) is 6.01. The second-order valence-corrected chi connectivity index (χ2v) is 13.0. The molecule has 1 atom stereocenters. The summed E-state index contributed by atoms with van der Waals surface area (Å²) in [4.78, 5) is 29.0. The summed E-state index contributed by atoms with van der Waals surface area (Å²) < 4.78 is 26.6. The second kappa shape index (κ2) is 14.7. The first-order valence-corrected chi connectivity index (χ1v) is 16.1. The van der Waals surface area contributed by atoms with E-state index in [0.29, 0.717) is 21.3 Å². The maximum Gasteiger partial charge on any atom is 0.243 e. The van der Waals surface area contributed by atoms with Gasteiger partial charge in [0, 0.05) is 47.6 Å². The molecular formula is C31H37Cl2N3O4S. The fourth-order valence-electron chi connectivity index (χ4n) is 4.61. The van der Waals surface area contributed by atoms with Crippen LogP contribution in [0.5, 0.6) is 0 Å². The molecule has 2 amide bonds. The van der Waals surface area contributed by atoms with E-state index in [-0.39, 0.29) is 50.2 Å². The second-order valence-electron chi connectivity index (χ2n) is 10.3. The van der Waals surface area contributed by atoms with Crippen LogP contribution in [0, 0.1) is 6.92 Å². The molecule has 7 nitrogen and oxygen atoms in total. The van der Waals surface area contributed by atoms with Gasteiger partial charge >= 0.3 is 0 Å². The van der Waals surface area contributed by atoms with E-state index in [9.17, 15) is 18.0 Å². The largest absolute Gasteiger partial charge is 0.352 e.